The second-order valence-electron chi connectivity index (χ2n) is 7.12. The summed E-state index contributed by atoms with van der Waals surface area (Å²) in [4.78, 5) is 17.0. The molecule has 1 fully saturated rings. The highest BCUT2D eigenvalue weighted by molar-refractivity contribution is 5.83. The maximum atomic E-state index is 13.1. The number of rotatable bonds is 4. The van der Waals surface area contributed by atoms with E-state index in [0.29, 0.717) is 12.0 Å². The first-order chi connectivity index (χ1) is 13.1. The third-order valence-corrected chi connectivity index (χ3v) is 5.02. The van der Waals surface area contributed by atoms with Crippen LogP contribution in [-0.4, -0.2) is 10.5 Å². The van der Waals surface area contributed by atoms with Crippen LogP contribution >= 0.6 is 0 Å². The normalized spacial score (nSPS) is 19.1. The predicted octanol–water partition coefficient (Wildman–Crippen LogP) is 4.21. The minimum atomic E-state index is -0.256. The second kappa shape index (κ2) is 7.31. The molecule has 0 spiro atoms. The topological polar surface area (TPSA) is 34.4 Å². The van der Waals surface area contributed by atoms with E-state index >= 15 is 0 Å². The van der Waals surface area contributed by atoms with Crippen molar-refractivity contribution in [1.82, 2.24) is 4.57 Å². The molecule has 136 valence electrons. The molecular formula is C23H21FN2O. The molecule has 2 atom stereocenters. The lowest BCUT2D eigenvalue weighted by Crippen LogP contribution is -2.22. The van der Waals surface area contributed by atoms with Gasteiger partial charge in [-0.1, -0.05) is 48.0 Å². The highest BCUT2D eigenvalue weighted by atomic mass is 19.1. The minimum Gasteiger partial charge on any atom is -0.328 e. The Kier molecular flexibility index (Phi) is 4.71. The summed E-state index contributed by atoms with van der Waals surface area (Å²) >= 11 is 0. The summed E-state index contributed by atoms with van der Waals surface area (Å²) in [6, 6.07) is 20.4. The smallest absolute Gasteiger partial charge is 0.251 e. The molecule has 3 nitrogen and oxygen atoms in total. The van der Waals surface area contributed by atoms with Crippen molar-refractivity contribution in [2.45, 2.75) is 25.8 Å². The molecule has 1 aliphatic carbocycles. The highest BCUT2D eigenvalue weighted by Gasteiger charge is 2.43. The Morgan fingerprint density at radius 2 is 1.81 bits per heavy atom. The molecule has 0 aliphatic heterocycles. The largest absolute Gasteiger partial charge is 0.328 e. The first-order valence-corrected chi connectivity index (χ1v) is 9.15. The summed E-state index contributed by atoms with van der Waals surface area (Å²) in [6.07, 6.45) is 2.72. The van der Waals surface area contributed by atoms with Crippen LogP contribution in [0.2, 0.25) is 0 Å². The van der Waals surface area contributed by atoms with Gasteiger partial charge in [0.25, 0.3) is 5.91 Å². The predicted molar refractivity (Wildman–Crippen MR) is 103 cm³/mol. The van der Waals surface area contributed by atoms with Crippen molar-refractivity contribution in [3.8, 4) is 0 Å². The standard InChI is InChI=1S/C23H21FN2O/c1-16-5-7-17(8-6-16)15-26-13-3-2-4-22(26)25-23(27)21-14-20(21)18-9-11-19(24)12-10-18/h2-13,20-21H,14-15H2,1H3. The van der Waals surface area contributed by atoms with Crippen molar-refractivity contribution in [2.75, 3.05) is 0 Å². The SMILES string of the molecule is Cc1ccc(Cn2ccccc2=NC(=O)C2CC2c2ccc(F)cc2)cc1. The van der Waals surface area contributed by atoms with E-state index in [1.165, 1.54) is 17.7 Å². The Balaban J connectivity index is 1.53. The van der Waals surface area contributed by atoms with Gasteiger partial charge in [-0.3, -0.25) is 4.79 Å². The third-order valence-electron chi connectivity index (χ3n) is 5.02. The fourth-order valence-corrected chi connectivity index (χ4v) is 3.33. The lowest BCUT2D eigenvalue weighted by molar-refractivity contribution is -0.119. The first-order valence-electron chi connectivity index (χ1n) is 9.15. The van der Waals surface area contributed by atoms with Gasteiger partial charge in [0.1, 0.15) is 11.3 Å². The number of amides is 1. The highest BCUT2D eigenvalue weighted by Crippen LogP contribution is 2.48. The maximum Gasteiger partial charge on any atom is 0.251 e. The Labute approximate surface area is 157 Å². The van der Waals surface area contributed by atoms with Crippen LogP contribution in [0.25, 0.3) is 0 Å². The number of benzene rings is 2. The van der Waals surface area contributed by atoms with Gasteiger partial charge in [0.15, 0.2) is 0 Å². The zero-order valence-electron chi connectivity index (χ0n) is 15.2. The van der Waals surface area contributed by atoms with Crippen molar-refractivity contribution < 1.29 is 9.18 Å². The number of hydrogen-bond acceptors (Lipinski definition) is 1. The van der Waals surface area contributed by atoms with Crippen LogP contribution in [0.5, 0.6) is 0 Å². The summed E-state index contributed by atoms with van der Waals surface area (Å²) in [7, 11) is 0. The van der Waals surface area contributed by atoms with Gasteiger partial charge in [-0.15, -0.1) is 0 Å². The number of hydrogen-bond donors (Lipinski definition) is 0. The molecule has 0 saturated heterocycles. The number of pyridine rings is 1. The van der Waals surface area contributed by atoms with E-state index in [1.807, 2.05) is 29.0 Å². The van der Waals surface area contributed by atoms with E-state index in [1.54, 1.807) is 12.1 Å². The third kappa shape index (κ3) is 4.05. The molecule has 1 amide bonds. The molecule has 0 N–H and O–H groups in total. The molecule has 0 bridgehead atoms. The molecule has 1 aromatic heterocycles. The molecule has 3 aromatic rings. The van der Waals surface area contributed by atoms with E-state index in [0.717, 1.165) is 17.5 Å². The maximum absolute atomic E-state index is 13.1. The molecular weight excluding hydrogens is 339 g/mol. The number of nitrogens with zero attached hydrogens (tertiary/aromatic N) is 2. The molecule has 4 heteroatoms. The number of carbonyl (C=O) groups excluding carboxylic acids is 1. The monoisotopic (exact) mass is 360 g/mol. The lowest BCUT2D eigenvalue weighted by Gasteiger charge is -2.08. The molecule has 1 saturated carbocycles. The van der Waals surface area contributed by atoms with Crippen LogP contribution in [0, 0.1) is 18.7 Å². The van der Waals surface area contributed by atoms with Crippen LogP contribution in [0.4, 0.5) is 4.39 Å². The van der Waals surface area contributed by atoms with Crippen LogP contribution in [-0.2, 0) is 11.3 Å². The Morgan fingerprint density at radius 3 is 2.56 bits per heavy atom. The Hall–Kier alpha value is -3.01. The molecule has 2 aromatic carbocycles. The van der Waals surface area contributed by atoms with Gasteiger partial charge in [-0.05, 0) is 54.7 Å². The fraction of sp³-hybridized carbons (Fsp3) is 0.217. The van der Waals surface area contributed by atoms with Crippen LogP contribution < -0.4 is 5.49 Å². The quantitative estimate of drug-likeness (QED) is 0.686. The van der Waals surface area contributed by atoms with E-state index in [4.69, 9.17) is 0 Å². The zero-order chi connectivity index (χ0) is 18.8. The second-order valence-corrected chi connectivity index (χ2v) is 7.12. The summed E-state index contributed by atoms with van der Waals surface area (Å²) in [5.41, 5.74) is 4.05. The van der Waals surface area contributed by atoms with Crippen molar-refractivity contribution in [1.29, 1.82) is 0 Å². The molecule has 1 heterocycles. The number of aromatic nitrogens is 1. The van der Waals surface area contributed by atoms with Gasteiger partial charge >= 0.3 is 0 Å². The lowest BCUT2D eigenvalue weighted by atomic mass is 10.1. The first kappa shape index (κ1) is 17.4. The summed E-state index contributed by atoms with van der Waals surface area (Å²) in [5.74, 6) is -0.318. The summed E-state index contributed by atoms with van der Waals surface area (Å²) < 4.78 is 15.1. The van der Waals surface area contributed by atoms with E-state index in [9.17, 15) is 9.18 Å². The fourth-order valence-electron chi connectivity index (χ4n) is 3.33. The summed E-state index contributed by atoms with van der Waals surface area (Å²) in [6.45, 7) is 2.73. The van der Waals surface area contributed by atoms with Gasteiger partial charge in [0, 0.05) is 18.7 Å². The van der Waals surface area contributed by atoms with Crippen molar-refractivity contribution in [3.05, 3.63) is 101 Å². The van der Waals surface area contributed by atoms with Crippen molar-refractivity contribution >= 4 is 5.91 Å². The van der Waals surface area contributed by atoms with E-state index in [2.05, 4.69) is 36.2 Å². The van der Waals surface area contributed by atoms with Gasteiger partial charge in [0.05, 0.1) is 0 Å². The van der Waals surface area contributed by atoms with Gasteiger partial charge in [0.2, 0.25) is 0 Å². The molecule has 1 aliphatic rings. The molecule has 27 heavy (non-hydrogen) atoms. The van der Waals surface area contributed by atoms with Crippen LogP contribution in [0.3, 0.4) is 0 Å². The number of aryl methyl sites for hydroxylation is 1. The van der Waals surface area contributed by atoms with Gasteiger partial charge in [-0.2, -0.15) is 4.99 Å². The van der Waals surface area contributed by atoms with Crippen molar-refractivity contribution in [2.24, 2.45) is 10.9 Å². The van der Waals surface area contributed by atoms with Crippen molar-refractivity contribution in [3.63, 3.8) is 0 Å². The minimum absolute atomic E-state index is 0.104. The van der Waals surface area contributed by atoms with Gasteiger partial charge in [-0.25, -0.2) is 4.39 Å². The number of halogens is 1. The average molecular weight is 360 g/mol. The molecule has 4 rings (SSSR count). The zero-order valence-corrected chi connectivity index (χ0v) is 15.2. The van der Waals surface area contributed by atoms with Crippen LogP contribution in [0.15, 0.2) is 77.9 Å². The molecule has 0 radical (unpaired) electrons. The van der Waals surface area contributed by atoms with E-state index in [-0.39, 0.29) is 23.6 Å². The van der Waals surface area contributed by atoms with Gasteiger partial charge < -0.3 is 4.57 Å². The summed E-state index contributed by atoms with van der Waals surface area (Å²) in [5, 5.41) is 0. The van der Waals surface area contributed by atoms with E-state index < -0.39 is 0 Å². The molecule has 2 unspecified atom stereocenters. The average Bonchev–Trinajstić information content (AvgIpc) is 3.47. The van der Waals surface area contributed by atoms with Crippen LogP contribution in [0.1, 0.15) is 29.0 Å². The Bertz CT molecular complexity index is 1020. The Morgan fingerprint density at radius 1 is 1.07 bits per heavy atom. The number of carbonyl (C=O) groups is 1.